The summed E-state index contributed by atoms with van der Waals surface area (Å²) in [6.07, 6.45) is 4.01. The van der Waals surface area contributed by atoms with E-state index in [2.05, 4.69) is 20.2 Å². The fraction of sp³-hybridized carbons (Fsp3) is 0.643. The van der Waals surface area contributed by atoms with Gasteiger partial charge in [0.25, 0.3) is 0 Å². The summed E-state index contributed by atoms with van der Waals surface area (Å²) in [5, 5.41) is 3.07. The van der Waals surface area contributed by atoms with Gasteiger partial charge in [0.2, 0.25) is 11.9 Å². The van der Waals surface area contributed by atoms with Crippen LogP contribution < -0.4 is 10.2 Å². The van der Waals surface area contributed by atoms with Crippen LogP contribution in [0.25, 0.3) is 0 Å². The van der Waals surface area contributed by atoms with Crippen molar-refractivity contribution in [2.24, 2.45) is 0 Å². The molecule has 2 fully saturated rings. The first-order valence-electron chi connectivity index (χ1n) is 7.77. The third-order valence-corrected chi connectivity index (χ3v) is 6.01. The van der Waals surface area contributed by atoms with E-state index in [-0.39, 0.29) is 30.0 Å². The molecule has 0 spiro atoms. The van der Waals surface area contributed by atoms with Crippen molar-refractivity contribution in [1.82, 2.24) is 20.2 Å². The van der Waals surface area contributed by atoms with Gasteiger partial charge >= 0.3 is 0 Å². The lowest BCUT2D eigenvalue weighted by molar-refractivity contribution is -0.130. The first kappa shape index (κ1) is 16.1. The second kappa shape index (κ2) is 6.79. The lowest BCUT2D eigenvalue weighted by Crippen LogP contribution is -2.52. The number of carbonyl (C=O) groups is 1. The number of anilines is 1. The highest BCUT2D eigenvalue weighted by Crippen LogP contribution is 2.12. The molecule has 1 atom stereocenters. The van der Waals surface area contributed by atoms with Crippen LogP contribution in [0.3, 0.4) is 0 Å². The molecule has 8 nitrogen and oxygen atoms in total. The summed E-state index contributed by atoms with van der Waals surface area (Å²) in [6.45, 7) is 2.85. The van der Waals surface area contributed by atoms with Crippen molar-refractivity contribution < 1.29 is 13.2 Å². The van der Waals surface area contributed by atoms with Crippen LogP contribution in [0, 0.1) is 0 Å². The van der Waals surface area contributed by atoms with E-state index in [1.807, 2.05) is 0 Å². The molecule has 23 heavy (non-hydrogen) atoms. The molecule has 1 unspecified atom stereocenters. The standard InChI is InChI=1S/C14H21N5O3S/c20-13(10-17-12-2-9-23(21,22)11-12)18-5-7-19(8-6-18)14-15-3-1-4-16-14/h1,3-4,12,17H,2,5-11H2. The van der Waals surface area contributed by atoms with E-state index in [9.17, 15) is 13.2 Å². The molecule has 3 heterocycles. The maximum Gasteiger partial charge on any atom is 0.236 e. The Hall–Kier alpha value is -1.74. The van der Waals surface area contributed by atoms with Crippen LogP contribution in [0.5, 0.6) is 0 Å². The van der Waals surface area contributed by atoms with Gasteiger partial charge < -0.3 is 15.1 Å². The number of aromatic nitrogens is 2. The van der Waals surface area contributed by atoms with Crippen molar-refractivity contribution >= 4 is 21.7 Å². The highest BCUT2D eigenvalue weighted by Gasteiger charge is 2.29. The van der Waals surface area contributed by atoms with Crippen LogP contribution >= 0.6 is 0 Å². The molecule has 0 aromatic carbocycles. The Morgan fingerprint density at radius 1 is 1.22 bits per heavy atom. The molecule has 0 bridgehead atoms. The third-order valence-electron chi connectivity index (χ3n) is 4.24. The maximum absolute atomic E-state index is 12.2. The monoisotopic (exact) mass is 339 g/mol. The molecule has 1 N–H and O–H groups in total. The van der Waals surface area contributed by atoms with Gasteiger partial charge in [0.1, 0.15) is 0 Å². The summed E-state index contributed by atoms with van der Waals surface area (Å²) >= 11 is 0. The van der Waals surface area contributed by atoms with Crippen LogP contribution in [0.1, 0.15) is 6.42 Å². The zero-order valence-electron chi connectivity index (χ0n) is 12.9. The Bertz CT molecular complexity index is 644. The lowest BCUT2D eigenvalue weighted by atomic mass is 10.2. The second-order valence-corrected chi connectivity index (χ2v) is 8.13. The summed E-state index contributed by atoms with van der Waals surface area (Å²) in [6, 6.07) is 1.68. The largest absolute Gasteiger partial charge is 0.338 e. The van der Waals surface area contributed by atoms with Crippen LogP contribution in [0.15, 0.2) is 18.5 Å². The Morgan fingerprint density at radius 3 is 2.52 bits per heavy atom. The Labute approximate surface area is 135 Å². The Balaban J connectivity index is 1.43. The van der Waals surface area contributed by atoms with Crippen molar-refractivity contribution in [1.29, 1.82) is 0 Å². The summed E-state index contributed by atoms with van der Waals surface area (Å²) in [4.78, 5) is 24.5. The molecular weight excluding hydrogens is 318 g/mol. The van der Waals surface area contributed by atoms with Gasteiger partial charge in [-0.2, -0.15) is 0 Å². The first-order valence-corrected chi connectivity index (χ1v) is 9.59. The number of nitrogens with one attached hydrogen (secondary N) is 1. The normalized spacial score (nSPS) is 23.9. The molecule has 9 heteroatoms. The Morgan fingerprint density at radius 2 is 1.91 bits per heavy atom. The zero-order valence-corrected chi connectivity index (χ0v) is 13.7. The molecular formula is C14H21N5O3S. The molecule has 0 radical (unpaired) electrons. The van der Waals surface area contributed by atoms with E-state index in [0.717, 1.165) is 0 Å². The number of nitrogens with zero attached hydrogens (tertiary/aromatic N) is 4. The van der Waals surface area contributed by atoms with E-state index < -0.39 is 9.84 Å². The van der Waals surface area contributed by atoms with Crippen LogP contribution in [0.2, 0.25) is 0 Å². The average molecular weight is 339 g/mol. The SMILES string of the molecule is O=C(CNC1CCS(=O)(=O)C1)N1CCN(c2ncccn2)CC1. The fourth-order valence-corrected chi connectivity index (χ4v) is 4.62. The van der Waals surface area contributed by atoms with E-state index >= 15 is 0 Å². The predicted octanol–water partition coefficient (Wildman–Crippen LogP) is -1.10. The molecule has 2 aliphatic heterocycles. The molecule has 0 aliphatic carbocycles. The summed E-state index contributed by atoms with van der Waals surface area (Å²) < 4.78 is 22.8. The highest BCUT2D eigenvalue weighted by atomic mass is 32.2. The molecule has 3 rings (SSSR count). The van der Waals surface area contributed by atoms with Crippen molar-refractivity contribution in [3.05, 3.63) is 18.5 Å². The minimum atomic E-state index is -2.91. The number of piperazine rings is 1. The van der Waals surface area contributed by atoms with Gasteiger partial charge in [0.15, 0.2) is 9.84 Å². The minimum Gasteiger partial charge on any atom is -0.338 e. The van der Waals surface area contributed by atoms with Crippen molar-refractivity contribution in [3.63, 3.8) is 0 Å². The smallest absolute Gasteiger partial charge is 0.236 e. The van der Waals surface area contributed by atoms with Gasteiger partial charge in [0, 0.05) is 44.6 Å². The van der Waals surface area contributed by atoms with Crippen molar-refractivity contribution in [3.8, 4) is 0 Å². The van der Waals surface area contributed by atoms with Gasteiger partial charge in [-0.25, -0.2) is 18.4 Å². The third kappa shape index (κ3) is 4.17. The van der Waals surface area contributed by atoms with E-state index in [4.69, 9.17) is 0 Å². The average Bonchev–Trinajstić information content (AvgIpc) is 2.93. The molecule has 0 saturated carbocycles. The summed E-state index contributed by atoms with van der Waals surface area (Å²) in [5.41, 5.74) is 0. The zero-order chi connectivity index (χ0) is 16.3. The predicted molar refractivity (Wildman–Crippen MR) is 85.9 cm³/mol. The van der Waals surface area contributed by atoms with Crippen LogP contribution in [-0.2, 0) is 14.6 Å². The van der Waals surface area contributed by atoms with Crippen LogP contribution in [-0.4, -0.2) is 79.5 Å². The molecule has 1 aromatic rings. The lowest BCUT2D eigenvalue weighted by Gasteiger charge is -2.34. The fourth-order valence-electron chi connectivity index (χ4n) is 2.91. The summed E-state index contributed by atoms with van der Waals surface area (Å²) in [5.74, 6) is 1.06. The molecule has 126 valence electrons. The molecule has 2 aliphatic rings. The number of hydrogen-bond acceptors (Lipinski definition) is 7. The van der Waals surface area contributed by atoms with E-state index in [1.54, 1.807) is 23.4 Å². The quantitative estimate of drug-likeness (QED) is 0.744. The Kier molecular flexibility index (Phi) is 4.76. The van der Waals surface area contributed by atoms with Gasteiger partial charge in [-0.15, -0.1) is 0 Å². The number of carbonyl (C=O) groups excluding carboxylic acids is 1. The van der Waals surface area contributed by atoms with Gasteiger partial charge in [-0.05, 0) is 12.5 Å². The summed E-state index contributed by atoms with van der Waals surface area (Å²) in [7, 11) is -2.91. The van der Waals surface area contributed by atoms with Crippen LogP contribution in [0.4, 0.5) is 5.95 Å². The molecule has 2 saturated heterocycles. The van der Waals surface area contributed by atoms with Gasteiger partial charge in [-0.3, -0.25) is 4.79 Å². The van der Waals surface area contributed by atoms with E-state index in [0.29, 0.717) is 38.5 Å². The first-order chi connectivity index (χ1) is 11.0. The van der Waals surface area contributed by atoms with Gasteiger partial charge in [-0.1, -0.05) is 0 Å². The maximum atomic E-state index is 12.2. The second-order valence-electron chi connectivity index (χ2n) is 5.90. The number of hydrogen-bond donors (Lipinski definition) is 1. The highest BCUT2D eigenvalue weighted by molar-refractivity contribution is 7.91. The molecule has 1 aromatic heterocycles. The number of amides is 1. The van der Waals surface area contributed by atoms with Gasteiger partial charge in [0.05, 0.1) is 18.1 Å². The topological polar surface area (TPSA) is 95.5 Å². The van der Waals surface area contributed by atoms with Crippen molar-refractivity contribution in [2.45, 2.75) is 12.5 Å². The number of sulfone groups is 1. The van der Waals surface area contributed by atoms with Crippen molar-refractivity contribution in [2.75, 3.05) is 49.1 Å². The number of rotatable bonds is 4. The van der Waals surface area contributed by atoms with E-state index in [1.165, 1.54) is 0 Å². The minimum absolute atomic E-state index is 0.0166. The molecule has 1 amide bonds.